The van der Waals surface area contributed by atoms with Crippen LogP contribution in [0.5, 0.6) is 0 Å². The molecule has 10 aromatic rings. The Kier molecular flexibility index (Phi) is 8.59. The minimum atomic E-state index is 0.956. The van der Waals surface area contributed by atoms with E-state index in [-0.39, 0.29) is 0 Å². The maximum Gasteiger partial charge on any atom is 0.0716 e. The summed E-state index contributed by atoms with van der Waals surface area (Å²) in [6, 6.07) is 80.8. The molecule has 0 N–H and O–H groups in total. The van der Waals surface area contributed by atoms with Gasteiger partial charge in [-0.2, -0.15) is 0 Å². The maximum atomic E-state index is 5.21. The standard InChI is InChI=1S/C55H37N/c1-3-14-38(15-4-1)47-34-48(39-16-5-2-6-17-39)36-49(35-47)45-22-11-20-43(32-45)44-21-12-23-46(33-44)55-37-53(52-25-9-10-27-54(52)56-55)42-30-28-41(29-31-42)51-26-13-19-40-18-7-8-24-50(40)51/h1-37H. The molecule has 0 radical (unpaired) electrons. The molecule has 0 spiro atoms. The van der Waals surface area contributed by atoms with E-state index in [2.05, 4.69) is 224 Å². The van der Waals surface area contributed by atoms with Crippen molar-refractivity contribution in [1.29, 1.82) is 0 Å². The first-order valence-corrected chi connectivity index (χ1v) is 19.2. The van der Waals surface area contributed by atoms with Crippen LogP contribution in [0.3, 0.4) is 0 Å². The molecule has 0 saturated carbocycles. The molecule has 0 atom stereocenters. The van der Waals surface area contributed by atoms with Gasteiger partial charge in [-0.05, 0) is 120 Å². The van der Waals surface area contributed by atoms with E-state index in [1.54, 1.807) is 0 Å². The van der Waals surface area contributed by atoms with E-state index in [0.717, 1.165) is 27.7 Å². The Hall–Kier alpha value is -7.35. The number of fused-ring (bicyclic) bond motifs is 2. The number of pyridine rings is 1. The van der Waals surface area contributed by atoms with Gasteiger partial charge in [-0.3, -0.25) is 0 Å². The summed E-state index contributed by atoms with van der Waals surface area (Å²) in [6.45, 7) is 0. The fourth-order valence-corrected chi connectivity index (χ4v) is 7.99. The quantitative estimate of drug-likeness (QED) is 0.160. The van der Waals surface area contributed by atoms with Gasteiger partial charge in [0, 0.05) is 10.9 Å². The van der Waals surface area contributed by atoms with Crippen molar-refractivity contribution in [2.75, 3.05) is 0 Å². The number of hydrogen-bond acceptors (Lipinski definition) is 1. The number of nitrogens with zero attached hydrogens (tertiary/aromatic N) is 1. The summed E-state index contributed by atoms with van der Waals surface area (Å²) in [6.07, 6.45) is 0. The predicted octanol–water partition coefficient (Wildman–Crippen LogP) is 15.1. The van der Waals surface area contributed by atoms with Crippen molar-refractivity contribution >= 4 is 21.7 Å². The highest BCUT2D eigenvalue weighted by molar-refractivity contribution is 5.99. The number of aromatic nitrogens is 1. The van der Waals surface area contributed by atoms with E-state index in [1.807, 2.05) is 0 Å². The lowest BCUT2D eigenvalue weighted by atomic mass is 9.91. The van der Waals surface area contributed by atoms with Crippen LogP contribution in [0.4, 0.5) is 0 Å². The van der Waals surface area contributed by atoms with E-state index in [9.17, 15) is 0 Å². The molecule has 1 heterocycles. The van der Waals surface area contributed by atoms with Crippen LogP contribution >= 0.6 is 0 Å². The highest BCUT2D eigenvalue weighted by Gasteiger charge is 2.13. The molecule has 0 bridgehead atoms. The monoisotopic (exact) mass is 711 g/mol. The van der Waals surface area contributed by atoms with Gasteiger partial charge in [-0.1, -0.05) is 182 Å². The summed E-state index contributed by atoms with van der Waals surface area (Å²) >= 11 is 0. The van der Waals surface area contributed by atoms with Crippen LogP contribution in [0.2, 0.25) is 0 Å². The molecule has 0 unspecified atom stereocenters. The van der Waals surface area contributed by atoms with Gasteiger partial charge in [0.05, 0.1) is 11.2 Å². The first kappa shape index (κ1) is 33.2. The largest absolute Gasteiger partial charge is 0.248 e. The zero-order valence-corrected chi connectivity index (χ0v) is 30.8. The van der Waals surface area contributed by atoms with Crippen LogP contribution in [0, 0.1) is 0 Å². The molecule has 1 nitrogen and oxygen atoms in total. The van der Waals surface area contributed by atoms with Crippen LogP contribution in [-0.4, -0.2) is 4.98 Å². The summed E-state index contributed by atoms with van der Waals surface area (Å²) in [5.74, 6) is 0. The first-order valence-electron chi connectivity index (χ1n) is 19.2. The second kappa shape index (κ2) is 14.5. The smallest absolute Gasteiger partial charge is 0.0716 e. The molecular formula is C55H37N. The molecule has 0 amide bonds. The van der Waals surface area contributed by atoms with E-state index >= 15 is 0 Å². The van der Waals surface area contributed by atoms with Gasteiger partial charge in [-0.25, -0.2) is 4.98 Å². The van der Waals surface area contributed by atoms with Gasteiger partial charge in [0.2, 0.25) is 0 Å². The molecule has 262 valence electrons. The second-order valence-electron chi connectivity index (χ2n) is 14.4. The minimum Gasteiger partial charge on any atom is -0.248 e. The lowest BCUT2D eigenvalue weighted by Gasteiger charge is -2.14. The van der Waals surface area contributed by atoms with Gasteiger partial charge >= 0.3 is 0 Å². The summed E-state index contributed by atoms with van der Waals surface area (Å²) in [7, 11) is 0. The molecule has 0 fully saturated rings. The molecule has 0 aliphatic heterocycles. The van der Waals surface area contributed by atoms with Crippen molar-refractivity contribution in [1.82, 2.24) is 4.98 Å². The van der Waals surface area contributed by atoms with Crippen molar-refractivity contribution < 1.29 is 0 Å². The van der Waals surface area contributed by atoms with E-state index in [1.165, 1.54) is 72.0 Å². The molecule has 10 rings (SSSR count). The third-order valence-corrected chi connectivity index (χ3v) is 10.8. The maximum absolute atomic E-state index is 5.21. The summed E-state index contributed by atoms with van der Waals surface area (Å²) < 4.78 is 0. The van der Waals surface area contributed by atoms with Crippen LogP contribution < -0.4 is 0 Å². The minimum absolute atomic E-state index is 0.956. The van der Waals surface area contributed by atoms with Gasteiger partial charge in [0.25, 0.3) is 0 Å². The topological polar surface area (TPSA) is 12.9 Å². The molecule has 0 aliphatic rings. The van der Waals surface area contributed by atoms with Crippen LogP contribution in [0.25, 0.3) is 99.7 Å². The molecule has 56 heavy (non-hydrogen) atoms. The highest BCUT2D eigenvalue weighted by atomic mass is 14.7. The molecule has 1 heteroatoms. The van der Waals surface area contributed by atoms with Crippen molar-refractivity contribution in [3.63, 3.8) is 0 Å². The molecule has 0 aliphatic carbocycles. The van der Waals surface area contributed by atoms with Crippen molar-refractivity contribution in [2.24, 2.45) is 0 Å². The summed E-state index contributed by atoms with van der Waals surface area (Å²) in [5, 5.41) is 3.66. The SMILES string of the molecule is c1ccc(-c2cc(-c3ccccc3)cc(-c3cccc(-c4cccc(-c5cc(-c6ccc(-c7cccc8ccccc78)cc6)c6ccccc6n5)c4)c3)c2)cc1. The normalized spacial score (nSPS) is 11.2. The lowest BCUT2D eigenvalue weighted by molar-refractivity contribution is 1.40. The van der Waals surface area contributed by atoms with Crippen molar-refractivity contribution in [3.8, 4) is 78.0 Å². The Morgan fingerprint density at radius 1 is 0.232 bits per heavy atom. The Morgan fingerprint density at radius 3 is 1.32 bits per heavy atom. The average molecular weight is 712 g/mol. The Bertz CT molecular complexity index is 2940. The van der Waals surface area contributed by atoms with Crippen molar-refractivity contribution in [2.45, 2.75) is 0 Å². The first-order chi connectivity index (χ1) is 27.7. The van der Waals surface area contributed by atoms with Gasteiger partial charge < -0.3 is 0 Å². The zero-order valence-electron chi connectivity index (χ0n) is 30.8. The summed E-state index contributed by atoms with van der Waals surface area (Å²) in [5.41, 5.74) is 17.3. The van der Waals surface area contributed by atoms with E-state index in [4.69, 9.17) is 4.98 Å². The van der Waals surface area contributed by atoms with Crippen molar-refractivity contribution in [3.05, 3.63) is 224 Å². The van der Waals surface area contributed by atoms with Crippen LogP contribution in [0.15, 0.2) is 224 Å². The Balaban J connectivity index is 1.02. The molecular weight excluding hydrogens is 675 g/mol. The lowest BCUT2D eigenvalue weighted by Crippen LogP contribution is -1.91. The van der Waals surface area contributed by atoms with E-state index < -0.39 is 0 Å². The molecule has 1 aromatic heterocycles. The fraction of sp³-hybridized carbons (Fsp3) is 0. The predicted molar refractivity (Wildman–Crippen MR) is 237 cm³/mol. The number of rotatable bonds is 7. The Labute approximate surface area is 327 Å². The summed E-state index contributed by atoms with van der Waals surface area (Å²) in [4.78, 5) is 5.21. The van der Waals surface area contributed by atoms with Gasteiger partial charge in [0.15, 0.2) is 0 Å². The number of benzene rings is 9. The third kappa shape index (κ3) is 6.46. The zero-order chi connectivity index (χ0) is 37.3. The van der Waals surface area contributed by atoms with Gasteiger partial charge in [-0.15, -0.1) is 0 Å². The Morgan fingerprint density at radius 2 is 0.661 bits per heavy atom. The molecule has 9 aromatic carbocycles. The van der Waals surface area contributed by atoms with E-state index in [0.29, 0.717) is 0 Å². The second-order valence-corrected chi connectivity index (χ2v) is 14.4. The number of para-hydroxylation sites is 1. The molecule has 0 saturated heterocycles. The number of hydrogen-bond donors (Lipinski definition) is 0. The highest BCUT2D eigenvalue weighted by Crippen LogP contribution is 2.38. The van der Waals surface area contributed by atoms with Gasteiger partial charge in [0.1, 0.15) is 0 Å². The van der Waals surface area contributed by atoms with Crippen LogP contribution in [0.1, 0.15) is 0 Å². The van der Waals surface area contributed by atoms with Crippen LogP contribution in [-0.2, 0) is 0 Å². The average Bonchev–Trinajstić information content (AvgIpc) is 3.29. The third-order valence-electron chi connectivity index (χ3n) is 10.8. The fourth-order valence-electron chi connectivity index (χ4n) is 7.99.